The first-order valence-corrected chi connectivity index (χ1v) is 12.7. The van der Waals surface area contributed by atoms with Gasteiger partial charge < -0.3 is 5.32 Å². The Hall–Kier alpha value is -2.76. The van der Waals surface area contributed by atoms with Crippen molar-refractivity contribution in [2.24, 2.45) is 4.99 Å². The lowest BCUT2D eigenvalue weighted by Crippen LogP contribution is -2.29. The second-order valence-corrected chi connectivity index (χ2v) is 11.0. The molecule has 1 amide bonds. The quantitative estimate of drug-likeness (QED) is 0.697. The maximum absolute atomic E-state index is 12.7. The smallest absolute Gasteiger partial charge is 0.263 e. The zero-order chi connectivity index (χ0) is 22.2. The van der Waals surface area contributed by atoms with Crippen LogP contribution in [-0.4, -0.2) is 52.0 Å². The normalized spacial score (nSPS) is 20.2. The van der Waals surface area contributed by atoms with Crippen LogP contribution in [0.15, 0.2) is 63.3 Å². The van der Waals surface area contributed by atoms with Crippen LogP contribution in [0.2, 0.25) is 0 Å². The lowest BCUT2D eigenvalue weighted by Gasteiger charge is -2.16. The number of amidine groups is 1. The molecule has 2 heterocycles. The molecule has 1 fully saturated rings. The van der Waals surface area contributed by atoms with Crippen LogP contribution in [0.3, 0.4) is 0 Å². The van der Waals surface area contributed by atoms with Gasteiger partial charge in [0.25, 0.3) is 10.0 Å². The Balaban J connectivity index is 1.52. The summed E-state index contributed by atoms with van der Waals surface area (Å²) >= 11 is 0. The Morgan fingerprint density at radius 3 is 2.58 bits per heavy atom. The second-order valence-electron chi connectivity index (χ2n) is 7.38. The molecule has 164 valence electrons. The number of hydrogen-bond donors (Lipinski definition) is 2. The summed E-state index contributed by atoms with van der Waals surface area (Å²) in [4.78, 5) is 17.1. The zero-order valence-corrected chi connectivity index (χ0v) is 18.4. The molecule has 31 heavy (non-hydrogen) atoms. The van der Waals surface area contributed by atoms with E-state index in [2.05, 4.69) is 15.0 Å². The minimum absolute atomic E-state index is 0.101. The van der Waals surface area contributed by atoms with Gasteiger partial charge in [0.05, 0.1) is 9.79 Å². The number of fused-ring (bicyclic) bond motifs is 1. The van der Waals surface area contributed by atoms with Crippen LogP contribution in [-0.2, 0) is 24.8 Å². The van der Waals surface area contributed by atoms with Crippen molar-refractivity contribution in [1.29, 1.82) is 0 Å². The van der Waals surface area contributed by atoms with E-state index in [9.17, 15) is 21.6 Å². The van der Waals surface area contributed by atoms with Crippen molar-refractivity contribution < 1.29 is 21.6 Å². The van der Waals surface area contributed by atoms with Crippen LogP contribution in [0.1, 0.15) is 25.3 Å². The molecule has 0 unspecified atom stereocenters. The van der Waals surface area contributed by atoms with Crippen molar-refractivity contribution >= 4 is 37.5 Å². The summed E-state index contributed by atoms with van der Waals surface area (Å²) in [5, 5.41) is 2.66. The van der Waals surface area contributed by atoms with Gasteiger partial charge >= 0.3 is 0 Å². The lowest BCUT2D eigenvalue weighted by molar-refractivity contribution is -0.117. The topological polar surface area (TPSA) is 125 Å². The Morgan fingerprint density at radius 2 is 1.84 bits per heavy atom. The lowest BCUT2D eigenvalue weighted by atomic mass is 10.2. The standard InChI is InChI=1S/C20H22N4O5S2/c1-14(21-19-17-9-2-3-10-18(17)30(26,27)23-19)20(25)22-15-7-6-8-16(13-15)31(28,29)24-11-4-5-12-24/h2-3,6-10,13-14H,4-5,11-12H2,1H3,(H,21,23)(H,22,25)/t14-/m0/s1. The number of hydrogen-bond acceptors (Lipinski definition) is 6. The second kappa shape index (κ2) is 8.06. The maximum Gasteiger partial charge on any atom is 0.263 e. The molecule has 0 saturated carbocycles. The third kappa shape index (κ3) is 4.21. The largest absolute Gasteiger partial charge is 0.324 e. The van der Waals surface area contributed by atoms with Crippen molar-refractivity contribution in [3.05, 3.63) is 54.1 Å². The van der Waals surface area contributed by atoms with Crippen LogP contribution < -0.4 is 10.0 Å². The SMILES string of the molecule is C[C@H](N=C1NS(=O)(=O)c2ccccc21)C(=O)Nc1cccc(S(=O)(=O)N2CCCC2)c1. The monoisotopic (exact) mass is 462 g/mol. The summed E-state index contributed by atoms with van der Waals surface area (Å²) in [6, 6.07) is 11.5. The fourth-order valence-corrected chi connectivity index (χ4v) is 6.34. The van der Waals surface area contributed by atoms with Gasteiger partial charge in [-0.25, -0.2) is 16.8 Å². The van der Waals surface area contributed by atoms with Gasteiger partial charge in [-0.2, -0.15) is 4.31 Å². The number of nitrogens with zero attached hydrogens (tertiary/aromatic N) is 2. The molecule has 2 aromatic carbocycles. The van der Waals surface area contributed by atoms with Crippen LogP contribution in [0.4, 0.5) is 5.69 Å². The molecule has 0 aromatic heterocycles. The summed E-state index contributed by atoms with van der Waals surface area (Å²) in [6.45, 7) is 2.51. The van der Waals surface area contributed by atoms with Crippen LogP contribution in [0.25, 0.3) is 0 Å². The van der Waals surface area contributed by atoms with Gasteiger partial charge in [0.15, 0.2) is 0 Å². The van der Waals surface area contributed by atoms with Gasteiger partial charge in [0.1, 0.15) is 11.9 Å². The number of carbonyl (C=O) groups is 1. The fourth-order valence-electron chi connectivity index (χ4n) is 3.54. The molecular formula is C20H22N4O5S2. The molecule has 11 heteroatoms. The van der Waals surface area contributed by atoms with Crippen molar-refractivity contribution in [2.45, 2.75) is 35.6 Å². The molecule has 2 N–H and O–H groups in total. The highest BCUT2D eigenvalue weighted by atomic mass is 32.2. The number of amides is 1. The number of benzene rings is 2. The van der Waals surface area contributed by atoms with E-state index in [1.807, 2.05) is 0 Å². The third-order valence-electron chi connectivity index (χ3n) is 5.17. The van der Waals surface area contributed by atoms with Crippen LogP contribution >= 0.6 is 0 Å². The molecule has 0 spiro atoms. The average molecular weight is 463 g/mol. The molecular weight excluding hydrogens is 440 g/mol. The zero-order valence-electron chi connectivity index (χ0n) is 16.8. The van der Waals surface area contributed by atoms with Crippen molar-refractivity contribution in [3.8, 4) is 0 Å². The summed E-state index contributed by atoms with van der Waals surface area (Å²) in [7, 11) is -7.30. The molecule has 0 aliphatic carbocycles. The van der Waals surface area contributed by atoms with E-state index in [0.29, 0.717) is 24.3 Å². The molecule has 1 atom stereocenters. The highest BCUT2D eigenvalue weighted by Gasteiger charge is 2.31. The van der Waals surface area contributed by atoms with Crippen LogP contribution in [0, 0.1) is 0 Å². The molecule has 4 rings (SSSR count). The molecule has 9 nitrogen and oxygen atoms in total. The van der Waals surface area contributed by atoms with E-state index in [4.69, 9.17) is 0 Å². The highest BCUT2D eigenvalue weighted by molar-refractivity contribution is 7.90. The Morgan fingerprint density at radius 1 is 1.13 bits per heavy atom. The predicted octanol–water partition coefficient (Wildman–Crippen LogP) is 1.54. The molecule has 1 saturated heterocycles. The molecule has 2 aliphatic heterocycles. The number of sulfonamides is 2. The molecule has 0 bridgehead atoms. The van der Waals surface area contributed by atoms with Gasteiger partial charge in [0, 0.05) is 24.3 Å². The number of carbonyl (C=O) groups excluding carboxylic acids is 1. The van der Waals surface area contributed by atoms with Gasteiger partial charge in [-0.05, 0) is 50.1 Å². The molecule has 0 radical (unpaired) electrons. The van der Waals surface area contributed by atoms with E-state index in [0.717, 1.165) is 12.8 Å². The molecule has 2 aromatic rings. The number of rotatable bonds is 5. The van der Waals surface area contributed by atoms with E-state index >= 15 is 0 Å². The van der Waals surface area contributed by atoms with Crippen molar-refractivity contribution in [3.63, 3.8) is 0 Å². The number of anilines is 1. The minimum atomic E-state index is -3.70. The third-order valence-corrected chi connectivity index (χ3v) is 8.46. The Labute approximate surface area is 181 Å². The van der Waals surface area contributed by atoms with Crippen molar-refractivity contribution in [2.75, 3.05) is 18.4 Å². The molecule has 2 aliphatic rings. The summed E-state index contributed by atoms with van der Waals surface area (Å²) in [5.74, 6) is -0.393. The van der Waals surface area contributed by atoms with E-state index < -0.39 is 32.0 Å². The van der Waals surface area contributed by atoms with Crippen LogP contribution in [0.5, 0.6) is 0 Å². The summed E-state index contributed by atoms with van der Waals surface area (Å²) in [5.41, 5.74) is 0.727. The fraction of sp³-hybridized carbons (Fsp3) is 0.300. The first-order valence-electron chi connectivity index (χ1n) is 9.79. The Bertz CT molecular complexity index is 1270. The first kappa shape index (κ1) is 21.5. The average Bonchev–Trinajstić information content (AvgIpc) is 3.36. The van der Waals surface area contributed by atoms with Gasteiger partial charge in [0.2, 0.25) is 15.9 Å². The minimum Gasteiger partial charge on any atom is -0.324 e. The Kier molecular flexibility index (Phi) is 5.58. The van der Waals surface area contributed by atoms with Gasteiger partial charge in [-0.15, -0.1) is 0 Å². The van der Waals surface area contributed by atoms with Crippen molar-refractivity contribution in [1.82, 2.24) is 9.03 Å². The maximum atomic E-state index is 12.7. The number of aliphatic imine (C=N–C) groups is 1. The first-order chi connectivity index (χ1) is 14.7. The summed E-state index contributed by atoms with van der Waals surface area (Å²) in [6.07, 6.45) is 1.67. The highest BCUT2D eigenvalue weighted by Crippen LogP contribution is 2.24. The number of nitrogens with one attached hydrogen (secondary N) is 2. The van der Waals surface area contributed by atoms with E-state index in [1.165, 1.54) is 29.4 Å². The van der Waals surface area contributed by atoms with Gasteiger partial charge in [-0.3, -0.25) is 14.5 Å². The predicted molar refractivity (Wildman–Crippen MR) is 116 cm³/mol. The summed E-state index contributed by atoms with van der Waals surface area (Å²) < 4.78 is 53.7. The van der Waals surface area contributed by atoms with Gasteiger partial charge in [-0.1, -0.05) is 18.2 Å². The van der Waals surface area contributed by atoms with E-state index in [1.54, 1.807) is 30.3 Å². The van der Waals surface area contributed by atoms with E-state index in [-0.39, 0.29) is 15.6 Å².